The maximum atomic E-state index is 13.6. The summed E-state index contributed by atoms with van der Waals surface area (Å²) in [5, 5.41) is 2.63. The van der Waals surface area contributed by atoms with Crippen LogP contribution in [0.2, 0.25) is 0 Å². The first-order chi connectivity index (χ1) is 15.5. The Morgan fingerprint density at radius 1 is 1.09 bits per heavy atom. The molecule has 7 heteroatoms. The van der Waals surface area contributed by atoms with E-state index >= 15 is 0 Å². The molecule has 1 saturated carbocycles. The number of rotatable bonds is 6. The number of carbonyl (C=O) groups excluding carboxylic acids is 2. The van der Waals surface area contributed by atoms with Crippen LogP contribution in [0.4, 0.5) is 10.1 Å². The van der Waals surface area contributed by atoms with E-state index in [4.69, 9.17) is 4.74 Å². The van der Waals surface area contributed by atoms with Crippen molar-refractivity contribution in [2.75, 3.05) is 25.0 Å². The number of fused-ring (bicyclic) bond motifs is 1. The summed E-state index contributed by atoms with van der Waals surface area (Å²) in [5.74, 6) is 0.110. The summed E-state index contributed by atoms with van der Waals surface area (Å²) in [7, 11) is 1.58. The van der Waals surface area contributed by atoms with Crippen molar-refractivity contribution in [3.63, 3.8) is 0 Å². The second-order valence-electron chi connectivity index (χ2n) is 8.51. The van der Waals surface area contributed by atoms with Gasteiger partial charge in [0.15, 0.2) is 6.10 Å². The van der Waals surface area contributed by atoms with E-state index < -0.39 is 6.10 Å². The highest BCUT2D eigenvalue weighted by Crippen LogP contribution is 2.33. The molecule has 170 valence electrons. The molecule has 1 aliphatic heterocycles. The first-order valence-electron chi connectivity index (χ1n) is 11.3. The monoisotopic (exact) mass is 439 g/mol. The molecule has 0 spiro atoms. The summed E-state index contributed by atoms with van der Waals surface area (Å²) >= 11 is 0. The van der Waals surface area contributed by atoms with Crippen LogP contribution in [0.1, 0.15) is 37.7 Å². The summed E-state index contributed by atoms with van der Waals surface area (Å²) in [6, 6.07) is 14.0. The van der Waals surface area contributed by atoms with Crippen molar-refractivity contribution in [3.8, 4) is 5.75 Å². The lowest BCUT2D eigenvalue weighted by atomic mass is 9.93. The Balaban J connectivity index is 1.56. The van der Waals surface area contributed by atoms with Crippen LogP contribution in [-0.4, -0.2) is 49.0 Å². The van der Waals surface area contributed by atoms with Gasteiger partial charge in [-0.25, -0.2) is 4.39 Å². The van der Waals surface area contributed by atoms with Crippen molar-refractivity contribution < 1.29 is 18.7 Å². The fraction of sp³-hybridized carbons (Fsp3) is 0.440. The third kappa shape index (κ3) is 5.03. The van der Waals surface area contributed by atoms with Gasteiger partial charge < -0.3 is 19.9 Å². The fourth-order valence-electron chi connectivity index (χ4n) is 4.61. The number of hydrogen-bond acceptors (Lipinski definition) is 4. The van der Waals surface area contributed by atoms with Crippen molar-refractivity contribution in [1.29, 1.82) is 0 Å². The van der Waals surface area contributed by atoms with E-state index in [0.717, 1.165) is 36.9 Å². The van der Waals surface area contributed by atoms with Gasteiger partial charge in [-0.2, -0.15) is 0 Å². The predicted molar refractivity (Wildman–Crippen MR) is 121 cm³/mol. The van der Waals surface area contributed by atoms with Gasteiger partial charge in [-0.1, -0.05) is 43.5 Å². The molecule has 0 radical (unpaired) electrons. The number of nitrogens with one attached hydrogen (secondary N) is 1. The van der Waals surface area contributed by atoms with Crippen LogP contribution in [0, 0.1) is 5.82 Å². The molecular weight excluding hydrogens is 409 g/mol. The lowest BCUT2D eigenvalue weighted by molar-refractivity contribution is -0.134. The van der Waals surface area contributed by atoms with Crippen molar-refractivity contribution in [2.45, 2.75) is 50.8 Å². The molecule has 0 aromatic heterocycles. The van der Waals surface area contributed by atoms with Crippen LogP contribution in [0.5, 0.6) is 5.75 Å². The molecule has 1 atom stereocenters. The maximum Gasteiger partial charge on any atom is 0.262 e. The minimum atomic E-state index is -0.678. The Kier molecular flexibility index (Phi) is 6.93. The fourth-order valence-corrected chi connectivity index (χ4v) is 4.61. The summed E-state index contributed by atoms with van der Waals surface area (Å²) in [4.78, 5) is 29.8. The number of hydrogen-bond donors (Lipinski definition) is 1. The van der Waals surface area contributed by atoms with Gasteiger partial charge in [-0.05, 0) is 42.7 Å². The Morgan fingerprint density at radius 3 is 2.53 bits per heavy atom. The third-order valence-electron chi connectivity index (χ3n) is 6.33. The molecule has 0 bridgehead atoms. The summed E-state index contributed by atoms with van der Waals surface area (Å²) in [5.41, 5.74) is 1.72. The number of para-hydroxylation sites is 2. The van der Waals surface area contributed by atoms with Gasteiger partial charge in [0.1, 0.15) is 11.6 Å². The lowest BCUT2D eigenvalue weighted by Gasteiger charge is -2.39. The summed E-state index contributed by atoms with van der Waals surface area (Å²) < 4.78 is 19.3. The van der Waals surface area contributed by atoms with E-state index in [1.165, 1.54) is 18.6 Å². The van der Waals surface area contributed by atoms with Crippen molar-refractivity contribution in [3.05, 3.63) is 59.9 Å². The topological polar surface area (TPSA) is 61.9 Å². The molecule has 32 heavy (non-hydrogen) atoms. The van der Waals surface area contributed by atoms with E-state index in [-0.39, 0.29) is 30.2 Å². The molecule has 1 fully saturated rings. The summed E-state index contributed by atoms with van der Waals surface area (Å²) in [6.07, 6.45) is 4.69. The molecule has 6 nitrogen and oxygen atoms in total. The molecule has 4 rings (SSSR count). The summed E-state index contributed by atoms with van der Waals surface area (Å²) in [6.45, 7) is 0.914. The zero-order valence-corrected chi connectivity index (χ0v) is 18.4. The highest BCUT2D eigenvalue weighted by molar-refractivity contribution is 5.86. The van der Waals surface area contributed by atoms with Crippen molar-refractivity contribution in [2.24, 2.45) is 0 Å². The zero-order valence-electron chi connectivity index (χ0n) is 18.4. The van der Waals surface area contributed by atoms with Crippen molar-refractivity contribution >= 4 is 17.5 Å². The SMILES string of the molecule is CNC(=O)C1CN(CC(=O)N(Cc2ccc(F)cc2)C2CCCCC2)c2ccccc2O1. The van der Waals surface area contributed by atoms with E-state index in [2.05, 4.69) is 5.32 Å². The first kappa shape index (κ1) is 22.1. The van der Waals surface area contributed by atoms with Gasteiger partial charge in [-0.15, -0.1) is 0 Å². The lowest BCUT2D eigenvalue weighted by Crippen LogP contribution is -2.52. The third-order valence-corrected chi connectivity index (χ3v) is 6.33. The zero-order chi connectivity index (χ0) is 22.5. The van der Waals surface area contributed by atoms with Gasteiger partial charge in [-0.3, -0.25) is 9.59 Å². The Hall–Kier alpha value is -3.09. The van der Waals surface area contributed by atoms with Crippen LogP contribution >= 0.6 is 0 Å². The van der Waals surface area contributed by atoms with E-state index in [0.29, 0.717) is 18.8 Å². The number of halogens is 1. The Morgan fingerprint density at radius 2 is 1.81 bits per heavy atom. The van der Waals surface area contributed by atoms with Crippen LogP contribution in [0.15, 0.2) is 48.5 Å². The van der Waals surface area contributed by atoms with Crippen LogP contribution in [-0.2, 0) is 16.1 Å². The van der Waals surface area contributed by atoms with E-state index in [1.807, 2.05) is 34.1 Å². The van der Waals surface area contributed by atoms with Gasteiger partial charge in [0, 0.05) is 19.6 Å². The van der Waals surface area contributed by atoms with E-state index in [9.17, 15) is 14.0 Å². The molecule has 1 aliphatic carbocycles. The highest BCUT2D eigenvalue weighted by Gasteiger charge is 2.33. The number of ether oxygens (including phenoxy) is 1. The molecule has 1 N–H and O–H groups in total. The molecule has 2 aromatic carbocycles. The maximum absolute atomic E-state index is 13.6. The average Bonchev–Trinajstić information content (AvgIpc) is 2.83. The Bertz CT molecular complexity index is 944. The number of nitrogens with zero attached hydrogens (tertiary/aromatic N) is 2. The smallest absolute Gasteiger partial charge is 0.262 e. The predicted octanol–water partition coefficient (Wildman–Crippen LogP) is 3.50. The number of likely N-dealkylation sites (N-methyl/N-ethyl adjacent to an activating group) is 1. The molecule has 1 unspecified atom stereocenters. The molecule has 0 saturated heterocycles. The molecule has 2 aliphatic rings. The number of amides is 2. The number of anilines is 1. The first-order valence-corrected chi connectivity index (χ1v) is 11.3. The standard InChI is InChI=1S/C25H30FN3O3/c1-27-25(31)23-16-28(21-9-5-6-10-22(21)32-23)17-24(30)29(20-7-3-2-4-8-20)15-18-11-13-19(26)14-12-18/h5-6,9-14,20,23H,2-4,7-8,15-17H2,1H3,(H,27,31). The molecule has 2 aromatic rings. The minimum Gasteiger partial charge on any atom is -0.477 e. The van der Waals surface area contributed by atoms with Gasteiger partial charge in [0.25, 0.3) is 5.91 Å². The molecule has 2 amide bonds. The van der Waals surface area contributed by atoms with Crippen molar-refractivity contribution in [1.82, 2.24) is 10.2 Å². The van der Waals surface area contributed by atoms with Crippen LogP contribution in [0.25, 0.3) is 0 Å². The number of carbonyl (C=O) groups is 2. The second kappa shape index (κ2) is 10.0. The largest absolute Gasteiger partial charge is 0.477 e. The van der Waals surface area contributed by atoms with Gasteiger partial charge in [0.2, 0.25) is 5.91 Å². The van der Waals surface area contributed by atoms with Gasteiger partial charge in [0.05, 0.1) is 18.8 Å². The number of benzene rings is 2. The second-order valence-corrected chi connectivity index (χ2v) is 8.51. The minimum absolute atomic E-state index is 0.00795. The highest BCUT2D eigenvalue weighted by atomic mass is 19.1. The van der Waals surface area contributed by atoms with E-state index in [1.54, 1.807) is 19.2 Å². The average molecular weight is 440 g/mol. The molecule has 1 heterocycles. The normalized spacial score (nSPS) is 18.4. The van der Waals surface area contributed by atoms with Gasteiger partial charge >= 0.3 is 0 Å². The van der Waals surface area contributed by atoms with Crippen LogP contribution < -0.4 is 15.0 Å². The molecular formula is C25H30FN3O3. The Labute approximate surface area is 188 Å². The quantitative estimate of drug-likeness (QED) is 0.749. The van der Waals surface area contributed by atoms with Crippen LogP contribution in [0.3, 0.4) is 0 Å².